The molecule has 0 fully saturated rings. The van der Waals surface area contributed by atoms with Gasteiger partial charge in [-0.2, -0.15) is 0 Å². The van der Waals surface area contributed by atoms with Crippen LogP contribution in [0.4, 0.5) is 0 Å². The standard InChI is InChI=1S/C16H28N2O4S2/c1-10-11(2)13(4)15(14(5)12(10)3)24(21,22)17-9-16(6,7)18-23(8,19)20/h17-18H,9H2,1-8H3. The van der Waals surface area contributed by atoms with Crippen LogP contribution in [0.3, 0.4) is 0 Å². The lowest BCUT2D eigenvalue weighted by Crippen LogP contribution is -2.51. The van der Waals surface area contributed by atoms with Gasteiger partial charge in [0.1, 0.15) is 0 Å². The minimum absolute atomic E-state index is 0.0484. The Hall–Kier alpha value is -0.960. The summed E-state index contributed by atoms with van der Waals surface area (Å²) < 4.78 is 53.4. The number of sulfonamides is 2. The van der Waals surface area contributed by atoms with E-state index in [1.807, 2.05) is 20.8 Å². The Morgan fingerprint density at radius 3 is 1.54 bits per heavy atom. The van der Waals surface area contributed by atoms with Crippen LogP contribution < -0.4 is 9.44 Å². The van der Waals surface area contributed by atoms with Crippen LogP contribution in [-0.4, -0.2) is 35.2 Å². The Morgan fingerprint density at radius 1 is 0.792 bits per heavy atom. The van der Waals surface area contributed by atoms with Crippen molar-refractivity contribution in [3.8, 4) is 0 Å². The van der Waals surface area contributed by atoms with Gasteiger partial charge in [-0.05, 0) is 76.3 Å². The van der Waals surface area contributed by atoms with Crippen LogP contribution in [0.2, 0.25) is 0 Å². The summed E-state index contributed by atoms with van der Waals surface area (Å²) in [5, 5.41) is 0. The molecule has 1 rings (SSSR count). The average molecular weight is 377 g/mol. The number of benzene rings is 1. The predicted molar refractivity (Wildman–Crippen MR) is 97.4 cm³/mol. The van der Waals surface area contributed by atoms with E-state index in [0.717, 1.165) is 34.1 Å². The first-order valence-corrected chi connectivity index (χ1v) is 11.0. The molecule has 0 unspecified atom stereocenters. The minimum Gasteiger partial charge on any atom is -0.213 e. The zero-order valence-corrected chi connectivity index (χ0v) is 17.3. The van der Waals surface area contributed by atoms with E-state index in [1.54, 1.807) is 27.7 Å². The fourth-order valence-electron chi connectivity index (χ4n) is 2.75. The maximum Gasteiger partial charge on any atom is 0.241 e. The van der Waals surface area contributed by atoms with Crippen molar-refractivity contribution in [1.29, 1.82) is 0 Å². The normalized spacial score (nSPS) is 13.3. The topological polar surface area (TPSA) is 92.3 Å². The fourth-order valence-corrected chi connectivity index (χ4v) is 5.64. The molecule has 1 aromatic carbocycles. The Bertz CT molecular complexity index is 826. The van der Waals surface area contributed by atoms with Crippen molar-refractivity contribution in [2.24, 2.45) is 0 Å². The van der Waals surface area contributed by atoms with Gasteiger partial charge in [-0.3, -0.25) is 0 Å². The summed E-state index contributed by atoms with van der Waals surface area (Å²) in [5.74, 6) is 0. The summed E-state index contributed by atoms with van der Waals surface area (Å²) in [7, 11) is -7.19. The van der Waals surface area contributed by atoms with Crippen LogP contribution in [0.5, 0.6) is 0 Å². The van der Waals surface area contributed by atoms with Crippen LogP contribution >= 0.6 is 0 Å². The summed E-state index contributed by atoms with van der Waals surface area (Å²) in [6, 6.07) is 0. The molecule has 0 aliphatic heterocycles. The number of hydrogen-bond acceptors (Lipinski definition) is 4. The Labute approximate surface area is 146 Å². The highest BCUT2D eigenvalue weighted by atomic mass is 32.2. The first-order chi connectivity index (χ1) is 10.6. The summed E-state index contributed by atoms with van der Waals surface area (Å²) in [6.07, 6.45) is 1.05. The zero-order chi connectivity index (χ0) is 19.1. The molecule has 8 heteroatoms. The number of rotatable bonds is 6. The molecule has 0 radical (unpaired) electrons. The molecule has 0 atom stereocenters. The predicted octanol–water partition coefficient (Wildman–Crippen LogP) is 1.83. The quantitative estimate of drug-likeness (QED) is 0.792. The third-order valence-corrected chi connectivity index (χ3v) is 6.96. The molecule has 0 aliphatic carbocycles. The molecular formula is C16H28N2O4S2. The molecule has 0 amide bonds. The van der Waals surface area contributed by atoms with Gasteiger partial charge in [-0.15, -0.1) is 0 Å². The number of nitrogens with one attached hydrogen (secondary N) is 2. The molecule has 0 saturated heterocycles. The molecule has 0 heterocycles. The van der Waals surface area contributed by atoms with Crippen molar-refractivity contribution in [3.63, 3.8) is 0 Å². The summed E-state index contributed by atoms with van der Waals surface area (Å²) in [4.78, 5) is 0.276. The van der Waals surface area contributed by atoms with Crippen molar-refractivity contribution in [2.75, 3.05) is 12.8 Å². The van der Waals surface area contributed by atoms with Gasteiger partial charge in [-0.25, -0.2) is 26.3 Å². The van der Waals surface area contributed by atoms with Crippen molar-refractivity contribution in [3.05, 3.63) is 27.8 Å². The van der Waals surface area contributed by atoms with Gasteiger partial charge in [0.15, 0.2) is 0 Å². The van der Waals surface area contributed by atoms with E-state index in [1.165, 1.54) is 0 Å². The second kappa shape index (κ2) is 6.74. The lowest BCUT2D eigenvalue weighted by molar-refractivity contribution is 0.445. The second-order valence-corrected chi connectivity index (χ2v) is 10.5. The lowest BCUT2D eigenvalue weighted by atomic mass is 9.95. The maximum absolute atomic E-state index is 12.8. The van der Waals surface area contributed by atoms with Crippen molar-refractivity contribution >= 4 is 20.0 Å². The van der Waals surface area contributed by atoms with E-state index in [-0.39, 0.29) is 11.4 Å². The van der Waals surface area contributed by atoms with Gasteiger partial charge in [0.2, 0.25) is 20.0 Å². The monoisotopic (exact) mass is 376 g/mol. The molecule has 2 N–H and O–H groups in total. The van der Waals surface area contributed by atoms with Gasteiger partial charge in [-0.1, -0.05) is 0 Å². The van der Waals surface area contributed by atoms with Gasteiger partial charge in [0.05, 0.1) is 11.2 Å². The van der Waals surface area contributed by atoms with Crippen LogP contribution in [0, 0.1) is 34.6 Å². The molecule has 0 aromatic heterocycles. The highest BCUT2D eigenvalue weighted by molar-refractivity contribution is 7.89. The van der Waals surface area contributed by atoms with Crippen LogP contribution in [0.25, 0.3) is 0 Å². The highest BCUT2D eigenvalue weighted by Crippen LogP contribution is 2.29. The zero-order valence-electron chi connectivity index (χ0n) is 15.7. The van der Waals surface area contributed by atoms with Crippen LogP contribution in [-0.2, 0) is 20.0 Å². The molecule has 0 aliphatic rings. The summed E-state index contributed by atoms with van der Waals surface area (Å²) >= 11 is 0. The smallest absolute Gasteiger partial charge is 0.213 e. The molecule has 1 aromatic rings. The van der Waals surface area contributed by atoms with E-state index < -0.39 is 25.6 Å². The van der Waals surface area contributed by atoms with E-state index in [2.05, 4.69) is 9.44 Å². The fraction of sp³-hybridized carbons (Fsp3) is 0.625. The SMILES string of the molecule is Cc1c(C)c(C)c(S(=O)(=O)NCC(C)(C)NS(C)(=O)=O)c(C)c1C. The molecular weight excluding hydrogens is 348 g/mol. The average Bonchev–Trinajstić information content (AvgIpc) is 2.38. The largest absolute Gasteiger partial charge is 0.241 e. The first-order valence-electron chi connectivity index (χ1n) is 7.64. The summed E-state index contributed by atoms with van der Waals surface area (Å²) in [6.45, 7) is 12.6. The highest BCUT2D eigenvalue weighted by Gasteiger charge is 2.28. The number of hydrogen-bond donors (Lipinski definition) is 2. The molecule has 0 spiro atoms. The van der Waals surface area contributed by atoms with E-state index in [4.69, 9.17) is 0 Å². The van der Waals surface area contributed by atoms with Gasteiger partial charge in [0.25, 0.3) is 0 Å². The van der Waals surface area contributed by atoms with Gasteiger partial charge < -0.3 is 0 Å². The molecule has 6 nitrogen and oxygen atoms in total. The van der Waals surface area contributed by atoms with E-state index in [9.17, 15) is 16.8 Å². The van der Waals surface area contributed by atoms with Gasteiger partial charge >= 0.3 is 0 Å². The van der Waals surface area contributed by atoms with Crippen molar-refractivity contribution in [2.45, 2.75) is 58.9 Å². The molecule has 0 saturated carbocycles. The first kappa shape index (κ1) is 21.1. The van der Waals surface area contributed by atoms with Crippen LogP contribution in [0.1, 0.15) is 41.7 Å². The minimum atomic E-state index is -3.76. The Morgan fingerprint density at radius 2 is 1.17 bits per heavy atom. The Balaban J connectivity index is 3.24. The van der Waals surface area contributed by atoms with Gasteiger partial charge in [0, 0.05) is 12.1 Å². The molecule has 138 valence electrons. The van der Waals surface area contributed by atoms with Crippen LogP contribution in [0.15, 0.2) is 4.90 Å². The molecule has 24 heavy (non-hydrogen) atoms. The maximum atomic E-state index is 12.8. The molecule has 0 bridgehead atoms. The third kappa shape index (κ3) is 4.78. The second-order valence-electron chi connectivity index (χ2n) is 7.04. The van der Waals surface area contributed by atoms with Crippen molar-refractivity contribution < 1.29 is 16.8 Å². The lowest BCUT2D eigenvalue weighted by Gasteiger charge is -2.26. The van der Waals surface area contributed by atoms with E-state index in [0.29, 0.717) is 0 Å². The Kier molecular flexibility index (Phi) is 5.92. The van der Waals surface area contributed by atoms with Crippen molar-refractivity contribution in [1.82, 2.24) is 9.44 Å². The van der Waals surface area contributed by atoms with E-state index >= 15 is 0 Å². The summed E-state index contributed by atoms with van der Waals surface area (Å²) in [5.41, 5.74) is 3.49. The third-order valence-electron chi connectivity index (χ3n) is 4.37.